The van der Waals surface area contributed by atoms with Crippen molar-refractivity contribution in [2.45, 2.75) is 26.1 Å². The van der Waals surface area contributed by atoms with E-state index in [2.05, 4.69) is 20.7 Å². The van der Waals surface area contributed by atoms with E-state index >= 15 is 0 Å². The SMILES string of the molecule is COc1cccc([C@@H]2C(C(=O)NCc3ccccc3)=C(C)Nc3ncnn32)c1OCc1ccc(Cl)cc1. The molecule has 188 valence electrons. The Labute approximate surface area is 219 Å². The minimum Gasteiger partial charge on any atom is -0.493 e. The van der Waals surface area contributed by atoms with Crippen molar-refractivity contribution in [1.82, 2.24) is 20.1 Å². The maximum atomic E-state index is 13.6. The molecule has 4 aromatic rings. The Hall–Kier alpha value is -4.30. The van der Waals surface area contributed by atoms with Gasteiger partial charge in [-0.3, -0.25) is 4.79 Å². The van der Waals surface area contributed by atoms with Crippen LogP contribution in [0.4, 0.5) is 5.95 Å². The highest BCUT2D eigenvalue weighted by Crippen LogP contribution is 2.43. The summed E-state index contributed by atoms with van der Waals surface area (Å²) in [6.45, 7) is 2.54. The molecule has 5 rings (SSSR count). The van der Waals surface area contributed by atoms with Gasteiger partial charge in [0.05, 0.1) is 12.7 Å². The quantitative estimate of drug-likeness (QED) is 0.338. The zero-order valence-electron chi connectivity index (χ0n) is 20.4. The topological polar surface area (TPSA) is 90.3 Å². The minimum atomic E-state index is -0.593. The molecule has 1 atom stereocenters. The smallest absolute Gasteiger partial charge is 0.251 e. The zero-order chi connectivity index (χ0) is 25.8. The van der Waals surface area contributed by atoms with E-state index in [9.17, 15) is 4.79 Å². The van der Waals surface area contributed by atoms with Crippen LogP contribution in [0.25, 0.3) is 0 Å². The predicted octanol–water partition coefficient (Wildman–Crippen LogP) is 5.12. The third-order valence-electron chi connectivity index (χ3n) is 6.16. The normalized spacial score (nSPS) is 14.5. The number of nitrogens with zero attached hydrogens (tertiary/aromatic N) is 3. The lowest BCUT2D eigenvalue weighted by Gasteiger charge is -2.30. The van der Waals surface area contributed by atoms with Gasteiger partial charge in [0.1, 0.15) is 19.0 Å². The predicted molar refractivity (Wildman–Crippen MR) is 142 cm³/mol. The van der Waals surface area contributed by atoms with Crippen LogP contribution < -0.4 is 20.1 Å². The molecule has 1 amide bonds. The molecule has 0 saturated heterocycles. The average molecular weight is 516 g/mol. The summed E-state index contributed by atoms with van der Waals surface area (Å²) >= 11 is 6.04. The van der Waals surface area contributed by atoms with Crippen LogP contribution in [0.1, 0.15) is 29.7 Å². The van der Waals surface area contributed by atoms with Gasteiger partial charge in [0.15, 0.2) is 11.5 Å². The number of anilines is 1. The number of halogens is 1. The van der Waals surface area contributed by atoms with Crippen LogP contribution in [0.3, 0.4) is 0 Å². The first-order valence-electron chi connectivity index (χ1n) is 11.8. The summed E-state index contributed by atoms with van der Waals surface area (Å²) in [5, 5.41) is 11.4. The summed E-state index contributed by atoms with van der Waals surface area (Å²) in [6.07, 6.45) is 1.46. The van der Waals surface area contributed by atoms with Crippen molar-refractivity contribution in [1.29, 1.82) is 0 Å². The molecule has 1 aliphatic heterocycles. The van der Waals surface area contributed by atoms with Crippen molar-refractivity contribution >= 4 is 23.5 Å². The van der Waals surface area contributed by atoms with Gasteiger partial charge < -0.3 is 20.1 Å². The summed E-state index contributed by atoms with van der Waals surface area (Å²) in [7, 11) is 1.59. The number of carbonyl (C=O) groups is 1. The molecule has 0 bridgehead atoms. The molecule has 0 saturated carbocycles. The number of hydrogen-bond acceptors (Lipinski definition) is 6. The summed E-state index contributed by atoms with van der Waals surface area (Å²) in [6, 6.07) is 22.2. The number of rotatable bonds is 8. The van der Waals surface area contributed by atoms with Crippen LogP contribution in [0.2, 0.25) is 5.02 Å². The first-order chi connectivity index (χ1) is 18.0. The molecule has 1 aliphatic rings. The van der Waals surface area contributed by atoms with Crippen molar-refractivity contribution in [2.75, 3.05) is 12.4 Å². The number of fused-ring (bicyclic) bond motifs is 1. The fraction of sp³-hybridized carbons (Fsp3) is 0.179. The number of hydrogen-bond donors (Lipinski definition) is 2. The molecule has 1 aromatic heterocycles. The monoisotopic (exact) mass is 515 g/mol. The Kier molecular flexibility index (Phi) is 7.09. The van der Waals surface area contributed by atoms with Gasteiger partial charge in [-0.05, 0) is 36.2 Å². The second-order valence-corrected chi connectivity index (χ2v) is 8.99. The molecule has 0 spiro atoms. The van der Waals surface area contributed by atoms with Gasteiger partial charge in [0.25, 0.3) is 5.91 Å². The Morgan fingerprint density at radius 1 is 1.05 bits per heavy atom. The van der Waals surface area contributed by atoms with Crippen molar-refractivity contribution in [3.8, 4) is 11.5 Å². The van der Waals surface area contributed by atoms with Crippen molar-refractivity contribution in [3.63, 3.8) is 0 Å². The van der Waals surface area contributed by atoms with Gasteiger partial charge in [-0.15, -0.1) is 0 Å². The second-order valence-electron chi connectivity index (χ2n) is 8.56. The Bertz CT molecular complexity index is 1430. The molecule has 0 radical (unpaired) electrons. The Morgan fingerprint density at radius 3 is 2.59 bits per heavy atom. The van der Waals surface area contributed by atoms with Crippen molar-refractivity contribution in [3.05, 3.63) is 112 Å². The van der Waals surface area contributed by atoms with Gasteiger partial charge >= 0.3 is 0 Å². The largest absolute Gasteiger partial charge is 0.493 e. The molecule has 0 unspecified atom stereocenters. The Balaban J connectivity index is 1.52. The highest BCUT2D eigenvalue weighted by molar-refractivity contribution is 6.30. The van der Waals surface area contributed by atoms with E-state index in [-0.39, 0.29) is 12.5 Å². The number of carbonyl (C=O) groups excluding carboxylic acids is 1. The van der Waals surface area contributed by atoms with Gasteiger partial charge in [-0.25, -0.2) is 4.68 Å². The fourth-order valence-corrected chi connectivity index (χ4v) is 4.47. The molecule has 2 N–H and O–H groups in total. The van der Waals surface area contributed by atoms with E-state index in [0.29, 0.717) is 40.3 Å². The molecule has 0 fully saturated rings. The van der Waals surface area contributed by atoms with E-state index in [1.807, 2.05) is 79.7 Å². The van der Waals surface area contributed by atoms with Crippen LogP contribution in [0, 0.1) is 0 Å². The summed E-state index contributed by atoms with van der Waals surface area (Å²) in [5.41, 5.74) is 3.87. The second kappa shape index (κ2) is 10.8. The van der Waals surface area contributed by atoms with Crippen molar-refractivity contribution in [2.24, 2.45) is 0 Å². The lowest BCUT2D eigenvalue weighted by atomic mass is 9.94. The number of benzene rings is 3. The van der Waals surface area contributed by atoms with Gasteiger partial charge in [-0.1, -0.05) is 66.2 Å². The van der Waals surface area contributed by atoms with Gasteiger partial charge in [0.2, 0.25) is 5.95 Å². The maximum Gasteiger partial charge on any atom is 0.251 e. The first kappa shape index (κ1) is 24.4. The number of methoxy groups -OCH3 is 1. The molecule has 2 heterocycles. The highest BCUT2D eigenvalue weighted by Gasteiger charge is 2.36. The summed E-state index contributed by atoms with van der Waals surface area (Å²) in [4.78, 5) is 18.0. The number of ether oxygens (including phenoxy) is 2. The third-order valence-corrected chi connectivity index (χ3v) is 6.41. The standard InChI is InChI=1S/C28H26ClN5O3/c1-18-24(27(35)30-15-19-7-4-3-5-8-19)25(34-28(33-18)31-17-32-34)22-9-6-10-23(36-2)26(22)37-16-20-11-13-21(29)14-12-20/h3-14,17,25H,15-16H2,1-2H3,(H,30,35)(H,31,32,33)/t25-/m1/s1. The van der Waals surface area contributed by atoms with Gasteiger partial charge in [0, 0.05) is 22.8 Å². The highest BCUT2D eigenvalue weighted by atomic mass is 35.5. The zero-order valence-corrected chi connectivity index (χ0v) is 21.2. The van der Waals surface area contributed by atoms with E-state index in [4.69, 9.17) is 21.1 Å². The summed E-state index contributed by atoms with van der Waals surface area (Å²) in [5.74, 6) is 1.39. The molecule has 0 aliphatic carbocycles. The average Bonchev–Trinajstić information content (AvgIpc) is 3.39. The Morgan fingerprint density at radius 2 is 1.84 bits per heavy atom. The summed E-state index contributed by atoms with van der Waals surface area (Å²) < 4.78 is 13.7. The number of nitrogens with one attached hydrogen (secondary N) is 2. The molecule has 9 heteroatoms. The first-order valence-corrected chi connectivity index (χ1v) is 12.2. The van der Waals surface area contributed by atoms with E-state index in [0.717, 1.165) is 16.7 Å². The van der Waals surface area contributed by atoms with Crippen LogP contribution in [0.15, 0.2) is 90.4 Å². The third kappa shape index (κ3) is 5.15. The molecule has 8 nitrogen and oxygen atoms in total. The molecular formula is C28H26ClN5O3. The minimum absolute atomic E-state index is 0.216. The number of para-hydroxylation sites is 1. The van der Waals surface area contributed by atoms with Crippen LogP contribution in [-0.4, -0.2) is 27.8 Å². The maximum absolute atomic E-state index is 13.6. The molecular weight excluding hydrogens is 490 g/mol. The number of aromatic nitrogens is 3. The van der Waals surface area contributed by atoms with E-state index in [1.54, 1.807) is 11.8 Å². The number of allylic oxidation sites excluding steroid dienone is 1. The number of amides is 1. The lowest BCUT2D eigenvalue weighted by molar-refractivity contribution is -0.118. The van der Waals surface area contributed by atoms with Crippen molar-refractivity contribution < 1.29 is 14.3 Å². The molecule has 3 aromatic carbocycles. The van der Waals surface area contributed by atoms with Gasteiger partial charge in [-0.2, -0.15) is 10.1 Å². The van der Waals surface area contributed by atoms with Crippen LogP contribution in [-0.2, 0) is 17.9 Å². The lowest BCUT2D eigenvalue weighted by Crippen LogP contribution is -2.35. The van der Waals surface area contributed by atoms with E-state index in [1.165, 1.54) is 6.33 Å². The van der Waals surface area contributed by atoms with Crippen LogP contribution >= 0.6 is 11.6 Å². The van der Waals surface area contributed by atoms with Crippen LogP contribution in [0.5, 0.6) is 11.5 Å². The molecule has 37 heavy (non-hydrogen) atoms. The fourth-order valence-electron chi connectivity index (χ4n) is 4.35. The van der Waals surface area contributed by atoms with E-state index < -0.39 is 6.04 Å².